The highest BCUT2D eigenvalue weighted by atomic mass is 19.4. The molecule has 0 saturated carbocycles. The Balaban J connectivity index is 1.78. The lowest BCUT2D eigenvalue weighted by molar-refractivity contribution is -0.137. The van der Waals surface area contributed by atoms with E-state index in [4.69, 9.17) is 0 Å². The van der Waals surface area contributed by atoms with Crippen molar-refractivity contribution in [2.75, 3.05) is 23.0 Å². The third-order valence-electron chi connectivity index (χ3n) is 6.21. The van der Waals surface area contributed by atoms with E-state index in [0.29, 0.717) is 41.3 Å². The number of fused-ring (bicyclic) bond motifs is 8. The minimum absolute atomic E-state index is 0.0262. The predicted molar refractivity (Wildman–Crippen MR) is 119 cm³/mol. The van der Waals surface area contributed by atoms with Gasteiger partial charge in [0, 0.05) is 36.5 Å². The normalized spacial score (nSPS) is 18.0. The number of carbonyl (C=O) groups excluding carboxylic acids is 1. The van der Waals surface area contributed by atoms with Crippen LogP contribution in [0.3, 0.4) is 0 Å². The summed E-state index contributed by atoms with van der Waals surface area (Å²) < 4.78 is 54.7. The van der Waals surface area contributed by atoms with E-state index in [9.17, 15) is 27.2 Å². The number of anilines is 3. The van der Waals surface area contributed by atoms with E-state index in [0.717, 1.165) is 12.1 Å². The summed E-state index contributed by atoms with van der Waals surface area (Å²) in [5.74, 6) is -1.07. The molecule has 0 aliphatic carbocycles. The van der Waals surface area contributed by atoms with Crippen LogP contribution in [-0.4, -0.2) is 24.1 Å². The summed E-state index contributed by atoms with van der Waals surface area (Å²) in [6, 6.07) is 9.72. The van der Waals surface area contributed by atoms with Gasteiger partial charge in [-0.3, -0.25) is 14.5 Å². The lowest BCUT2D eigenvalue weighted by Crippen LogP contribution is -2.46. The van der Waals surface area contributed by atoms with Gasteiger partial charge >= 0.3 is 6.18 Å². The number of amides is 1. The van der Waals surface area contributed by atoms with Crippen molar-refractivity contribution >= 4 is 23.0 Å². The summed E-state index contributed by atoms with van der Waals surface area (Å²) in [5.41, 5.74) is 0.904. The van der Waals surface area contributed by atoms with Gasteiger partial charge in [-0.05, 0) is 55.0 Å². The third-order valence-corrected chi connectivity index (χ3v) is 6.21. The molecule has 2 aromatic carbocycles. The van der Waals surface area contributed by atoms with Gasteiger partial charge in [0.1, 0.15) is 12.5 Å². The summed E-state index contributed by atoms with van der Waals surface area (Å²) in [5, 5.41) is 3.30. The van der Waals surface area contributed by atoms with Crippen molar-refractivity contribution in [2.24, 2.45) is 0 Å². The van der Waals surface area contributed by atoms with E-state index in [1.165, 1.54) is 35.2 Å². The third kappa shape index (κ3) is 3.73. The van der Waals surface area contributed by atoms with Gasteiger partial charge in [0.25, 0.3) is 5.91 Å². The molecule has 0 radical (unpaired) electrons. The standard InChI is InChI=1S/C24H20F4N4O2/c1-13-16-11-15(25)3-5-19(16)31-12-32(21-6-7-22(33)30-18(21)8-9-29-13)23(34)17-10-14(24(26,27)28)2-4-20(17)31/h2-7,10-11,13,29H,8-9,12H2,1H3,(H,30,33)/t13-/m1/s1. The molecule has 0 fully saturated rings. The second kappa shape index (κ2) is 7.98. The van der Waals surface area contributed by atoms with Crippen LogP contribution in [0.1, 0.15) is 40.1 Å². The zero-order valence-electron chi connectivity index (χ0n) is 18.0. The Hall–Kier alpha value is -3.66. The summed E-state index contributed by atoms with van der Waals surface area (Å²) in [6.07, 6.45) is -4.28. The molecule has 6 nitrogen and oxygen atoms in total. The topological polar surface area (TPSA) is 68.4 Å². The molecule has 0 saturated heterocycles. The fraction of sp³-hybridized carbons (Fsp3) is 0.250. The van der Waals surface area contributed by atoms with Gasteiger partial charge in [-0.1, -0.05) is 0 Å². The molecule has 3 aromatic rings. The van der Waals surface area contributed by atoms with Crippen LogP contribution in [0.15, 0.2) is 53.3 Å². The summed E-state index contributed by atoms with van der Waals surface area (Å²) in [4.78, 5) is 31.3. The highest BCUT2D eigenvalue weighted by Gasteiger charge is 2.38. The first-order chi connectivity index (χ1) is 16.1. The molecule has 2 aliphatic heterocycles. The SMILES string of the molecule is C[C@H]1NCCc2[nH]c(=O)ccc2N2CN(c3ccc(C(F)(F)F)cc3C2=O)c2ccc(F)cc21. The first-order valence-electron chi connectivity index (χ1n) is 10.7. The first-order valence-corrected chi connectivity index (χ1v) is 10.7. The molecule has 0 unspecified atom stereocenters. The molecule has 1 amide bonds. The Morgan fingerprint density at radius 2 is 1.68 bits per heavy atom. The van der Waals surface area contributed by atoms with Crippen LogP contribution in [-0.2, 0) is 12.6 Å². The number of carbonyl (C=O) groups is 1. The van der Waals surface area contributed by atoms with Crippen molar-refractivity contribution in [2.45, 2.75) is 25.6 Å². The van der Waals surface area contributed by atoms with E-state index in [1.54, 1.807) is 11.0 Å². The molecule has 0 spiro atoms. The number of rotatable bonds is 0. The van der Waals surface area contributed by atoms with Crippen molar-refractivity contribution < 1.29 is 22.4 Å². The number of aromatic amines is 1. The van der Waals surface area contributed by atoms with E-state index in [-0.39, 0.29) is 23.8 Å². The lowest BCUT2D eigenvalue weighted by atomic mass is 10.00. The fourth-order valence-corrected chi connectivity index (χ4v) is 4.53. The Labute approximate surface area is 191 Å². The molecule has 1 atom stereocenters. The molecule has 3 heterocycles. The summed E-state index contributed by atoms with van der Waals surface area (Å²) >= 11 is 0. The Kier molecular flexibility index (Phi) is 5.20. The number of benzene rings is 2. The van der Waals surface area contributed by atoms with Crippen LogP contribution in [0.25, 0.3) is 0 Å². The Morgan fingerprint density at radius 3 is 2.44 bits per heavy atom. The largest absolute Gasteiger partial charge is 0.416 e. The van der Waals surface area contributed by atoms with Crippen molar-refractivity contribution in [1.29, 1.82) is 0 Å². The van der Waals surface area contributed by atoms with Crippen molar-refractivity contribution in [3.05, 3.63) is 87.1 Å². The number of halogens is 4. The van der Waals surface area contributed by atoms with Crippen molar-refractivity contribution in [1.82, 2.24) is 10.3 Å². The molecule has 5 rings (SSSR count). The molecule has 1 aromatic heterocycles. The number of pyridine rings is 1. The van der Waals surface area contributed by atoms with Gasteiger partial charge in [0.2, 0.25) is 5.56 Å². The van der Waals surface area contributed by atoms with Gasteiger partial charge in [0.05, 0.1) is 22.5 Å². The molecular weight excluding hydrogens is 452 g/mol. The summed E-state index contributed by atoms with van der Waals surface area (Å²) in [6.45, 7) is 2.24. The molecule has 2 N–H and O–H groups in total. The quantitative estimate of drug-likeness (QED) is 0.473. The predicted octanol–water partition coefficient (Wildman–Crippen LogP) is 4.50. The van der Waals surface area contributed by atoms with E-state index in [2.05, 4.69) is 10.3 Å². The van der Waals surface area contributed by atoms with Crippen LogP contribution in [0, 0.1) is 5.82 Å². The average molecular weight is 472 g/mol. The van der Waals surface area contributed by atoms with Crippen molar-refractivity contribution in [3.63, 3.8) is 0 Å². The van der Waals surface area contributed by atoms with Gasteiger partial charge in [-0.2, -0.15) is 13.2 Å². The monoisotopic (exact) mass is 472 g/mol. The fourth-order valence-electron chi connectivity index (χ4n) is 4.53. The maximum absolute atomic E-state index is 14.2. The maximum atomic E-state index is 14.2. The zero-order valence-corrected chi connectivity index (χ0v) is 18.0. The smallest absolute Gasteiger partial charge is 0.324 e. The van der Waals surface area contributed by atoms with Gasteiger partial charge < -0.3 is 15.2 Å². The molecule has 2 bridgehead atoms. The van der Waals surface area contributed by atoms with Crippen molar-refractivity contribution in [3.8, 4) is 0 Å². The Morgan fingerprint density at radius 1 is 0.941 bits per heavy atom. The second-order valence-corrected chi connectivity index (χ2v) is 8.35. The molecule has 176 valence electrons. The van der Waals surface area contributed by atoms with Crippen LogP contribution in [0.4, 0.5) is 34.6 Å². The van der Waals surface area contributed by atoms with E-state index >= 15 is 0 Å². The van der Waals surface area contributed by atoms with Gasteiger partial charge in [0.15, 0.2) is 0 Å². The number of aromatic nitrogens is 1. The number of hydrogen-bond donors (Lipinski definition) is 2. The number of alkyl halides is 3. The molecular formula is C24H20F4N4O2. The van der Waals surface area contributed by atoms with Crippen LogP contribution in [0.2, 0.25) is 0 Å². The van der Waals surface area contributed by atoms with Gasteiger partial charge in [-0.25, -0.2) is 4.39 Å². The molecule has 2 aliphatic rings. The summed E-state index contributed by atoms with van der Waals surface area (Å²) in [7, 11) is 0. The van der Waals surface area contributed by atoms with E-state index in [1.807, 2.05) is 6.92 Å². The molecule has 10 heteroatoms. The number of nitrogens with zero attached hydrogens (tertiary/aromatic N) is 2. The lowest BCUT2D eigenvalue weighted by Gasteiger charge is -2.39. The average Bonchev–Trinajstić information content (AvgIpc) is 2.80. The highest BCUT2D eigenvalue weighted by Crippen LogP contribution is 2.42. The van der Waals surface area contributed by atoms with Gasteiger partial charge in [-0.15, -0.1) is 0 Å². The number of nitrogens with one attached hydrogen (secondary N) is 2. The molecule has 34 heavy (non-hydrogen) atoms. The minimum atomic E-state index is -4.63. The minimum Gasteiger partial charge on any atom is -0.324 e. The first kappa shape index (κ1) is 22.1. The number of H-pyrrole nitrogens is 1. The van der Waals surface area contributed by atoms with Crippen LogP contribution < -0.4 is 20.7 Å². The Bertz CT molecular complexity index is 1350. The maximum Gasteiger partial charge on any atom is 0.416 e. The highest BCUT2D eigenvalue weighted by molar-refractivity contribution is 6.13. The number of hydrogen-bond acceptors (Lipinski definition) is 4. The second-order valence-electron chi connectivity index (χ2n) is 8.35. The van der Waals surface area contributed by atoms with Crippen LogP contribution >= 0.6 is 0 Å². The van der Waals surface area contributed by atoms with Crippen LogP contribution in [0.5, 0.6) is 0 Å². The zero-order chi connectivity index (χ0) is 24.2. The van der Waals surface area contributed by atoms with E-state index < -0.39 is 23.5 Å².